The summed E-state index contributed by atoms with van der Waals surface area (Å²) in [7, 11) is 0. The van der Waals surface area contributed by atoms with Gasteiger partial charge >= 0.3 is 0 Å². The minimum atomic E-state index is -0.104. The van der Waals surface area contributed by atoms with Crippen molar-refractivity contribution in [2.24, 2.45) is 5.92 Å². The largest absolute Gasteiger partial charge is 0.357 e. The van der Waals surface area contributed by atoms with Crippen LogP contribution in [0.1, 0.15) is 40.9 Å². The number of benzene rings is 1. The van der Waals surface area contributed by atoms with Crippen molar-refractivity contribution >= 4 is 34.8 Å². The smallest absolute Gasteiger partial charge is 0.256 e. The zero-order valence-corrected chi connectivity index (χ0v) is 16.5. The fourth-order valence-corrected chi connectivity index (χ4v) is 4.00. The van der Waals surface area contributed by atoms with Gasteiger partial charge in [0, 0.05) is 28.6 Å². The molecule has 2 amide bonds. The molecule has 2 aliphatic rings. The highest BCUT2D eigenvalue weighted by Crippen LogP contribution is 2.35. The Morgan fingerprint density at radius 3 is 2.68 bits per heavy atom. The lowest BCUT2D eigenvalue weighted by atomic mass is 9.97. The van der Waals surface area contributed by atoms with Crippen LogP contribution >= 0.6 is 0 Å². The van der Waals surface area contributed by atoms with Gasteiger partial charge in [-0.15, -0.1) is 0 Å². The highest BCUT2D eigenvalue weighted by molar-refractivity contribution is 6.35. The maximum Gasteiger partial charge on any atom is 0.256 e. The van der Waals surface area contributed by atoms with Crippen molar-refractivity contribution in [1.29, 1.82) is 0 Å². The highest BCUT2D eigenvalue weighted by atomic mass is 16.2. The van der Waals surface area contributed by atoms with Crippen molar-refractivity contribution in [3.8, 4) is 0 Å². The van der Waals surface area contributed by atoms with E-state index >= 15 is 0 Å². The summed E-state index contributed by atoms with van der Waals surface area (Å²) in [5, 5.41) is 9.30. The Hall–Kier alpha value is -2.86. The monoisotopic (exact) mass is 378 g/mol. The molecule has 146 valence electrons. The van der Waals surface area contributed by atoms with E-state index in [1.165, 1.54) is 0 Å². The number of fused-ring (bicyclic) bond motifs is 1. The summed E-state index contributed by atoms with van der Waals surface area (Å²) in [5.41, 5.74) is 7.00. The van der Waals surface area contributed by atoms with Crippen LogP contribution in [0.4, 0.5) is 11.4 Å². The van der Waals surface area contributed by atoms with E-state index in [0.717, 1.165) is 65.4 Å². The van der Waals surface area contributed by atoms with Crippen molar-refractivity contribution in [2.75, 3.05) is 23.7 Å². The fourth-order valence-electron chi connectivity index (χ4n) is 4.00. The molecular weight excluding hydrogens is 352 g/mol. The van der Waals surface area contributed by atoms with E-state index in [4.69, 9.17) is 0 Å². The Kier molecular flexibility index (Phi) is 4.81. The minimum absolute atomic E-state index is 0.0483. The number of aryl methyl sites for hydroxylation is 2. The first-order chi connectivity index (χ1) is 13.4. The third-order valence-electron chi connectivity index (χ3n) is 5.68. The molecule has 1 aromatic carbocycles. The molecule has 28 heavy (non-hydrogen) atoms. The summed E-state index contributed by atoms with van der Waals surface area (Å²) in [6, 6.07) is 5.94. The van der Waals surface area contributed by atoms with Gasteiger partial charge in [0.05, 0.1) is 11.3 Å². The molecule has 0 saturated carbocycles. The summed E-state index contributed by atoms with van der Waals surface area (Å²) in [5.74, 6) is 0.0187. The molecule has 0 unspecified atom stereocenters. The summed E-state index contributed by atoms with van der Waals surface area (Å²) in [6.45, 7) is 7.69. The van der Waals surface area contributed by atoms with Gasteiger partial charge in [-0.25, -0.2) is 0 Å². The van der Waals surface area contributed by atoms with Crippen molar-refractivity contribution < 1.29 is 9.59 Å². The van der Waals surface area contributed by atoms with Gasteiger partial charge in [0.2, 0.25) is 5.91 Å². The molecule has 1 aromatic heterocycles. The van der Waals surface area contributed by atoms with E-state index in [2.05, 4.69) is 20.9 Å². The van der Waals surface area contributed by atoms with E-state index in [1.807, 2.05) is 45.0 Å². The molecule has 1 fully saturated rings. The molecule has 2 aliphatic heterocycles. The van der Waals surface area contributed by atoms with E-state index < -0.39 is 0 Å². The van der Waals surface area contributed by atoms with Crippen molar-refractivity contribution in [3.63, 3.8) is 0 Å². The average Bonchev–Trinajstić information content (AvgIpc) is 3.13. The topological polar surface area (TPSA) is 86.0 Å². The number of nitrogens with one attached hydrogen (secondary N) is 4. The van der Waals surface area contributed by atoms with Gasteiger partial charge in [-0.05, 0) is 70.5 Å². The first-order valence-corrected chi connectivity index (χ1v) is 9.79. The van der Waals surface area contributed by atoms with Crippen LogP contribution in [0.25, 0.3) is 11.6 Å². The van der Waals surface area contributed by atoms with Crippen molar-refractivity contribution in [3.05, 3.63) is 46.3 Å². The molecular formula is C22H26N4O2. The van der Waals surface area contributed by atoms with Crippen LogP contribution in [-0.4, -0.2) is 29.9 Å². The second-order valence-corrected chi connectivity index (χ2v) is 7.74. The molecule has 2 aromatic rings. The lowest BCUT2D eigenvalue weighted by Gasteiger charge is -2.22. The Balaban J connectivity index is 1.63. The van der Waals surface area contributed by atoms with Gasteiger partial charge in [-0.2, -0.15) is 0 Å². The van der Waals surface area contributed by atoms with E-state index in [1.54, 1.807) is 0 Å². The number of aromatic amines is 1. The number of H-pyrrole nitrogens is 1. The summed E-state index contributed by atoms with van der Waals surface area (Å²) in [6.07, 6.45) is 3.60. The molecule has 6 nitrogen and oxygen atoms in total. The molecule has 4 N–H and O–H groups in total. The second-order valence-electron chi connectivity index (χ2n) is 7.74. The molecule has 3 heterocycles. The van der Waals surface area contributed by atoms with Crippen LogP contribution in [0.15, 0.2) is 18.2 Å². The molecule has 0 radical (unpaired) electrons. The minimum Gasteiger partial charge on any atom is -0.357 e. The van der Waals surface area contributed by atoms with Gasteiger partial charge in [0.1, 0.15) is 0 Å². The molecule has 4 rings (SSSR count). The number of rotatable bonds is 3. The number of piperidine rings is 1. The zero-order chi connectivity index (χ0) is 19.8. The number of amides is 2. The molecule has 0 aliphatic carbocycles. The Morgan fingerprint density at radius 2 is 1.93 bits per heavy atom. The third-order valence-corrected chi connectivity index (χ3v) is 5.68. The third kappa shape index (κ3) is 3.36. The average molecular weight is 378 g/mol. The van der Waals surface area contributed by atoms with Gasteiger partial charge in [-0.3, -0.25) is 9.59 Å². The molecule has 0 bridgehead atoms. The summed E-state index contributed by atoms with van der Waals surface area (Å²) >= 11 is 0. The lowest BCUT2D eigenvalue weighted by molar-refractivity contribution is -0.120. The predicted octanol–water partition coefficient (Wildman–Crippen LogP) is 3.37. The van der Waals surface area contributed by atoms with E-state index in [0.29, 0.717) is 5.57 Å². The normalized spacial score (nSPS) is 18.2. The van der Waals surface area contributed by atoms with Crippen LogP contribution in [0.5, 0.6) is 0 Å². The quantitative estimate of drug-likeness (QED) is 0.618. The van der Waals surface area contributed by atoms with Crippen LogP contribution < -0.4 is 16.0 Å². The number of anilines is 2. The summed E-state index contributed by atoms with van der Waals surface area (Å²) < 4.78 is 0. The number of hydrogen-bond acceptors (Lipinski definition) is 3. The second kappa shape index (κ2) is 7.28. The Bertz CT molecular complexity index is 981. The van der Waals surface area contributed by atoms with Gasteiger partial charge in [0.25, 0.3) is 5.91 Å². The van der Waals surface area contributed by atoms with E-state index in [9.17, 15) is 9.59 Å². The molecule has 6 heteroatoms. The van der Waals surface area contributed by atoms with Crippen LogP contribution in [0.2, 0.25) is 0 Å². The van der Waals surface area contributed by atoms with Crippen LogP contribution in [0, 0.1) is 26.7 Å². The van der Waals surface area contributed by atoms with E-state index in [-0.39, 0.29) is 17.7 Å². The number of aromatic nitrogens is 1. The first-order valence-electron chi connectivity index (χ1n) is 9.79. The van der Waals surface area contributed by atoms with Crippen LogP contribution in [-0.2, 0) is 9.59 Å². The maximum absolute atomic E-state index is 12.6. The fraction of sp³-hybridized carbons (Fsp3) is 0.364. The van der Waals surface area contributed by atoms with Gasteiger partial charge in [0.15, 0.2) is 0 Å². The molecule has 1 saturated heterocycles. The van der Waals surface area contributed by atoms with Gasteiger partial charge < -0.3 is 20.9 Å². The number of hydrogen-bond donors (Lipinski definition) is 4. The number of carbonyl (C=O) groups is 2. The zero-order valence-electron chi connectivity index (χ0n) is 16.5. The SMILES string of the molecule is Cc1ccc2c(c1)/C(=C/c1[nH]c(C)c(NC(=O)C3CCNCC3)c1C)C(=O)N2. The Labute approximate surface area is 164 Å². The maximum atomic E-state index is 12.6. The highest BCUT2D eigenvalue weighted by Gasteiger charge is 2.26. The molecule has 0 spiro atoms. The van der Waals surface area contributed by atoms with Gasteiger partial charge in [-0.1, -0.05) is 11.6 Å². The van der Waals surface area contributed by atoms with Crippen molar-refractivity contribution in [2.45, 2.75) is 33.6 Å². The van der Waals surface area contributed by atoms with Crippen LogP contribution in [0.3, 0.4) is 0 Å². The standard InChI is InChI=1S/C22H26N4O2/c1-12-4-5-18-16(10-12)17(22(28)25-18)11-19-13(2)20(14(3)24-19)26-21(27)15-6-8-23-9-7-15/h4-5,10-11,15,23-24H,6-9H2,1-3H3,(H,25,28)(H,26,27)/b17-11-. The summed E-state index contributed by atoms with van der Waals surface area (Å²) in [4.78, 5) is 28.4. The number of carbonyl (C=O) groups excluding carboxylic acids is 2. The first kappa shape index (κ1) is 18.5. The Morgan fingerprint density at radius 1 is 1.18 bits per heavy atom. The predicted molar refractivity (Wildman–Crippen MR) is 112 cm³/mol. The molecule has 0 atom stereocenters. The van der Waals surface area contributed by atoms with Crippen molar-refractivity contribution in [1.82, 2.24) is 10.3 Å². The lowest BCUT2D eigenvalue weighted by Crippen LogP contribution is -2.34.